The first kappa shape index (κ1) is 30.5. The summed E-state index contributed by atoms with van der Waals surface area (Å²) in [6.07, 6.45) is -6.12. The molecule has 2 saturated heterocycles. The van der Waals surface area contributed by atoms with Crippen molar-refractivity contribution in [2.75, 3.05) is 24.7 Å². The largest absolute Gasteiger partial charge is 0.472 e. The molecule has 0 aromatic carbocycles. The van der Waals surface area contributed by atoms with Crippen molar-refractivity contribution in [2.45, 2.75) is 49.4 Å². The van der Waals surface area contributed by atoms with Gasteiger partial charge in [0.05, 0.1) is 19.5 Å². The minimum Gasteiger partial charge on any atom is -0.387 e. The molecule has 0 spiro atoms. The van der Waals surface area contributed by atoms with Gasteiger partial charge < -0.3 is 45.8 Å². The lowest BCUT2D eigenvalue weighted by atomic mass is 10.1. The van der Waals surface area contributed by atoms with Crippen LogP contribution >= 0.6 is 15.6 Å². The standard InChI is InChI=1S/C19H26N8O13P2/c20-11-1-2-26(19(30)25-11)12-3-8(9(38-12)4-36-41(31,32)33)40-42(34,35)37-5-10-14(28)15(29)18(39-10)27-7-24-13-16(21)22-6-23-17(13)27/h1-2,6-10,12,14-15,18,28-29H,3-5H2,(H,34,35)(H2,20,25,30)(H2,21,22,23)(H2,31,32,33)/t8-,9-,10-,12-,14+,15+,18-/m1/s1. The molecule has 23 heteroatoms. The second-order valence-electron chi connectivity index (χ2n) is 9.23. The van der Waals surface area contributed by atoms with E-state index in [0.29, 0.717) is 0 Å². The average molecular weight is 636 g/mol. The summed E-state index contributed by atoms with van der Waals surface area (Å²) in [4.78, 5) is 56.3. The molecule has 0 bridgehead atoms. The lowest BCUT2D eigenvalue weighted by molar-refractivity contribution is -0.0588. The third-order valence-electron chi connectivity index (χ3n) is 6.42. The van der Waals surface area contributed by atoms with Gasteiger partial charge in [-0.1, -0.05) is 0 Å². The smallest absolute Gasteiger partial charge is 0.387 e. The molecule has 2 aliphatic heterocycles. The quantitative estimate of drug-likeness (QED) is 0.116. The zero-order valence-electron chi connectivity index (χ0n) is 21.2. The van der Waals surface area contributed by atoms with E-state index in [1.807, 2.05) is 0 Å². The maximum absolute atomic E-state index is 12.9. The van der Waals surface area contributed by atoms with E-state index in [4.69, 9.17) is 39.8 Å². The topological polar surface area (TPSA) is 312 Å². The highest BCUT2D eigenvalue weighted by Gasteiger charge is 2.47. The molecule has 0 aliphatic carbocycles. The van der Waals surface area contributed by atoms with Crippen LogP contribution in [0.15, 0.2) is 29.7 Å². The molecule has 21 nitrogen and oxygen atoms in total. The van der Waals surface area contributed by atoms with E-state index in [-0.39, 0.29) is 29.2 Å². The molecule has 3 aromatic rings. The molecular formula is C19H26N8O13P2. The number of nitrogens with two attached hydrogens (primary N) is 2. The summed E-state index contributed by atoms with van der Waals surface area (Å²) < 4.78 is 52.3. The molecule has 3 aromatic heterocycles. The zero-order chi connectivity index (χ0) is 30.4. The van der Waals surface area contributed by atoms with Crippen LogP contribution in [0.3, 0.4) is 0 Å². The van der Waals surface area contributed by atoms with Crippen LogP contribution in [-0.4, -0.2) is 97.7 Å². The van der Waals surface area contributed by atoms with Gasteiger partial charge in [0.15, 0.2) is 17.7 Å². The first-order chi connectivity index (χ1) is 19.7. The van der Waals surface area contributed by atoms with E-state index in [2.05, 4.69) is 24.5 Å². The number of imidazole rings is 1. The molecule has 5 rings (SSSR count). The van der Waals surface area contributed by atoms with Crippen molar-refractivity contribution >= 4 is 38.4 Å². The van der Waals surface area contributed by atoms with Gasteiger partial charge in [-0.05, 0) is 6.07 Å². The van der Waals surface area contributed by atoms with Gasteiger partial charge >= 0.3 is 21.3 Å². The molecule has 42 heavy (non-hydrogen) atoms. The minimum atomic E-state index is -4.99. The summed E-state index contributed by atoms with van der Waals surface area (Å²) in [7, 11) is -9.96. The minimum absolute atomic E-state index is 0.0704. The van der Waals surface area contributed by atoms with Crippen LogP contribution < -0.4 is 17.2 Å². The number of phosphoric acid groups is 2. The second kappa shape index (κ2) is 11.6. The number of nitrogens with zero attached hydrogens (tertiary/aromatic N) is 6. The molecule has 5 heterocycles. The van der Waals surface area contributed by atoms with Crippen molar-refractivity contribution in [3.05, 3.63) is 35.4 Å². The van der Waals surface area contributed by atoms with Gasteiger partial charge in [-0.2, -0.15) is 4.98 Å². The van der Waals surface area contributed by atoms with E-state index in [1.54, 1.807) is 0 Å². The molecule has 0 saturated carbocycles. The van der Waals surface area contributed by atoms with E-state index in [9.17, 15) is 29.0 Å². The number of phosphoric ester groups is 2. The van der Waals surface area contributed by atoms with Gasteiger partial charge in [-0.3, -0.25) is 22.7 Å². The Morgan fingerprint density at radius 1 is 1.00 bits per heavy atom. The highest BCUT2D eigenvalue weighted by molar-refractivity contribution is 7.47. The fraction of sp³-hybridized carbons (Fsp3) is 0.526. The van der Waals surface area contributed by atoms with Crippen LogP contribution in [0.5, 0.6) is 0 Å². The summed E-state index contributed by atoms with van der Waals surface area (Å²) in [6.45, 7) is -1.53. The third kappa shape index (κ3) is 6.52. The SMILES string of the molecule is Nc1ccn([C@H]2C[C@@H](OP(=O)(O)OC[C@H]3O[C@@H](n4cnc5c(N)ncnc54)[C@@H](O)[C@H]3O)[C@@H](COP(=O)(O)O)O2)c(=O)n1. The number of rotatable bonds is 10. The number of aliphatic hydroxyl groups is 2. The molecule has 230 valence electrons. The van der Waals surface area contributed by atoms with Crippen LogP contribution in [0, 0.1) is 0 Å². The van der Waals surface area contributed by atoms with Crippen molar-refractivity contribution in [1.29, 1.82) is 0 Å². The van der Waals surface area contributed by atoms with Crippen LogP contribution in [0.1, 0.15) is 18.9 Å². The Morgan fingerprint density at radius 3 is 2.45 bits per heavy atom. The van der Waals surface area contributed by atoms with Crippen LogP contribution in [0.2, 0.25) is 0 Å². The van der Waals surface area contributed by atoms with Gasteiger partial charge in [0.25, 0.3) is 0 Å². The molecule has 2 fully saturated rings. The van der Waals surface area contributed by atoms with Crippen LogP contribution in [0.4, 0.5) is 11.6 Å². The van der Waals surface area contributed by atoms with Gasteiger partial charge in [0, 0.05) is 12.6 Å². The molecule has 9 N–H and O–H groups in total. The average Bonchev–Trinajstić information content (AvgIpc) is 3.58. The van der Waals surface area contributed by atoms with E-state index < -0.39 is 77.5 Å². The maximum atomic E-state index is 12.9. The van der Waals surface area contributed by atoms with E-state index in [1.165, 1.54) is 29.5 Å². The number of hydrogen-bond acceptors (Lipinski definition) is 16. The van der Waals surface area contributed by atoms with Crippen molar-refractivity contribution < 1.29 is 57.1 Å². The normalized spacial score (nSPS) is 29.7. The van der Waals surface area contributed by atoms with Gasteiger partial charge in [-0.25, -0.2) is 28.9 Å². The zero-order valence-corrected chi connectivity index (χ0v) is 23.0. The summed E-state index contributed by atoms with van der Waals surface area (Å²) in [5, 5.41) is 21.1. The van der Waals surface area contributed by atoms with E-state index in [0.717, 1.165) is 4.57 Å². The van der Waals surface area contributed by atoms with Crippen LogP contribution in [-0.2, 0) is 32.2 Å². The van der Waals surface area contributed by atoms with Crippen molar-refractivity contribution in [1.82, 2.24) is 29.1 Å². The van der Waals surface area contributed by atoms with Gasteiger partial charge in [-0.15, -0.1) is 0 Å². The lowest BCUT2D eigenvalue weighted by Crippen LogP contribution is -2.34. The summed E-state index contributed by atoms with van der Waals surface area (Å²) in [5.41, 5.74) is 10.9. The maximum Gasteiger partial charge on any atom is 0.472 e. The number of ether oxygens (including phenoxy) is 2. The fourth-order valence-electron chi connectivity index (χ4n) is 4.47. The third-order valence-corrected chi connectivity index (χ3v) is 7.92. The molecule has 0 amide bonds. The Bertz CT molecular complexity index is 1600. The summed E-state index contributed by atoms with van der Waals surface area (Å²) in [5.74, 6) is 0.00388. The van der Waals surface area contributed by atoms with E-state index >= 15 is 0 Å². The number of fused-ring (bicyclic) bond motifs is 1. The number of anilines is 2. The Labute approximate surface area is 234 Å². The number of nitrogen functional groups attached to an aromatic ring is 2. The molecule has 0 radical (unpaired) electrons. The predicted octanol–water partition coefficient (Wildman–Crippen LogP) is -2.23. The number of hydrogen-bond donors (Lipinski definition) is 7. The van der Waals surface area contributed by atoms with Crippen molar-refractivity contribution in [3.8, 4) is 0 Å². The molecule has 8 atom stereocenters. The van der Waals surface area contributed by atoms with Crippen molar-refractivity contribution in [2.24, 2.45) is 0 Å². The Morgan fingerprint density at radius 2 is 1.74 bits per heavy atom. The molecular weight excluding hydrogens is 610 g/mol. The van der Waals surface area contributed by atoms with Gasteiger partial charge in [0.2, 0.25) is 0 Å². The first-order valence-corrected chi connectivity index (χ1v) is 15.1. The molecule has 1 unspecified atom stereocenters. The van der Waals surface area contributed by atoms with Crippen molar-refractivity contribution in [3.63, 3.8) is 0 Å². The fourth-order valence-corrected chi connectivity index (χ4v) is 5.77. The second-order valence-corrected chi connectivity index (χ2v) is 11.9. The molecule has 2 aliphatic rings. The highest BCUT2D eigenvalue weighted by Crippen LogP contribution is 2.49. The highest BCUT2D eigenvalue weighted by atomic mass is 31.2. The summed E-state index contributed by atoms with van der Waals surface area (Å²) >= 11 is 0. The Balaban J connectivity index is 1.26. The first-order valence-electron chi connectivity index (χ1n) is 12.0. The number of aliphatic hydroxyl groups excluding tert-OH is 2. The monoisotopic (exact) mass is 636 g/mol. The lowest BCUT2D eigenvalue weighted by Gasteiger charge is -2.22. The number of aromatic nitrogens is 6. The Hall–Kier alpha value is -2.91. The van der Waals surface area contributed by atoms with Gasteiger partial charge in [0.1, 0.15) is 54.4 Å². The summed E-state index contributed by atoms with van der Waals surface area (Å²) in [6, 6.07) is 1.29. The predicted molar refractivity (Wildman–Crippen MR) is 136 cm³/mol. The Kier molecular flexibility index (Phi) is 8.47. The van der Waals surface area contributed by atoms with Crippen LogP contribution in [0.25, 0.3) is 11.2 Å².